The van der Waals surface area contributed by atoms with Crippen molar-refractivity contribution < 1.29 is 19.0 Å². The van der Waals surface area contributed by atoms with Crippen molar-refractivity contribution in [1.82, 2.24) is 14.9 Å². The average molecular weight is 465 g/mol. The maximum Gasteiger partial charge on any atom is 0.257 e. The van der Waals surface area contributed by atoms with Gasteiger partial charge in [-0.1, -0.05) is 6.92 Å². The van der Waals surface area contributed by atoms with Crippen LogP contribution in [0, 0.1) is 6.92 Å². The molecule has 180 valence electrons. The lowest BCUT2D eigenvalue weighted by atomic mass is 9.98. The molecule has 2 aromatic heterocycles. The molecule has 0 spiro atoms. The van der Waals surface area contributed by atoms with Crippen LogP contribution in [0.5, 0.6) is 17.2 Å². The number of hydrogen-bond donors (Lipinski definition) is 1. The van der Waals surface area contributed by atoms with Crippen molar-refractivity contribution in [3.8, 4) is 17.2 Å². The molecular weight excluding hydrogens is 432 g/mol. The Morgan fingerprint density at radius 2 is 1.85 bits per heavy atom. The number of pyridine rings is 2. The molecule has 0 radical (unpaired) electrons. The largest absolute Gasteiger partial charge is 0.493 e. The number of nitrogens with one attached hydrogen (secondary N) is 1. The number of fused-ring (bicyclic) bond motifs is 1. The Bertz CT molecular complexity index is 1170. The van der Waals surface area contributed by atoms with E-state index in [0.29, 0.717) is 39.8 Å². The molecule has 1 amide bonds. The topological polar surface area (TPSA) is 85.8 Å². The van der Waals surface area contributed by atoms with Crippen LogP contribution >= 0.6 is 0 Å². The number of anilines is 2. The Kier molecular flexibility index (Phi) is 7.05. The van der Waals surface area contributed by atoms with Crippen LogP contribution in [0.4, 0.5) is 11.4 Å². The Hall–Kier alpha value is -3.55. The molecule has 1 saturated heterocycles. The van der Waals surface area contributed by atoms with Gasteiger partial charge in [0.1, 0.15) is 0 Å². The Balaban J connectivity index is 1.84. The maximum atomic E-state index is 13.8. The second-order valence-corrected chi connectivity index (χ2v) is 8.47. The SMILES string of the molecule is CCC1CCCCN1C(=O)c1cnc2nc(C)ccc2c1Nc1cc(OC)c(OC)c(OC)c1. The Morgan fingerprint density at radius 1 is 1.12 bits per heavy atom. The summed E-state index contributed by atoms with van der Waals surface area (Å²) in [6.07, 6.45) is 5.76. The van der Waals surface area contributed by atoms with Gasteiger partial charge in [-0.15, -0.1) is 0 Å². The summed E-state index contributed by atoms with van der Waals surface area (Å²) in [6, 6.07) is 7.75. The van der Waals surface area contributed by atoms with Gasteiger partial charge in [0.2, 0.25) is 5.75 Å². The van der Waals surface area contributed by atoms with Crippen molar-refractivity contribution in [3.63, 3.8) is 0 Å². The van der Waals surface area contributed by atoms with E-state index >= 15 is 0 Å². The molecule has 3 aromatic rings. The normalized spacial score (nSPS) is 15.8. The van der Waals surface area contributed by atoms with E-state index < -0.39 is 0 Å². The average Bonchev–Trinajstić information content (AvgIpc) is 2.87. The molecule has 8 nitrogen and oxygen atoms in total. The van der Waals surface area contributed by atoms with Gasteiger partial charge < -0.3 is 24.4 Å². The Morgan fingerprint density at radius 3 is 2.50 bits per heavy atom. The number of hydrogen-bond acceptors (Lipinski definition) is 7. The summed E-state index contributed by atoms with van der Waals surface area (Å²) in [5, 5.41) is 4.22. The van der Waals surface area contributed by atoms with Crippen molar-refractivity contribution in [2.75, 3.05) is 33.2 Å². The number of carbonyl (C=O) groups is 1. The van der Waals surface area contributed by atoms with Crippen LogP contribution in [0.25, 0.3) is 11.0 Å². The van der Waals surface area contributed by atoms with Crippen LogP contribution in [0.1, 0.15) is 48.7 Å². The minimum absolute atomic E-state index is 0.0172. The molecule has 0 bridgehead atoms. The quantitative estimate of drug-likeness (QED) is 0.520. The molecule has 0 saturated carbocycles. The zero-order chi connectivity index (χ0) is 24.2. The number of piperidine rings is 1. The first kappa shape index (κ1) is 23.6. The third-order valence-corrected chi connectivity index (χ3v) is 6.39. The zero-order valence-electron chi connectivity index (χ0n) is 20.5. The molecule has 1 atom stereocenters. The van der Waals surface area contributed by atoms with Gasteiger partial charge in [0, 0.05) is 47.7 Å². The molecule has 0 aliphatic carbocycles. The molecule has 1 unspecified atom stereocenters. The summed E-state index contributed by atoms with van der Waals surface area (Å²) in [4.78, 5) is 24.9. The number of aromatic nitrogens is 2. The summed E-state index contributed by atoms with van der Waals surface area (Å²) in [5.74, 6) is 1.53. The van der Waals surface area contributed by atoms with Gasteiger partial charge in [-0.05, 0) is 44.7 Å². The first-order valence-electron chi connectivity index (χ1n) is 11.6. The molecular formula is C26H32N4O4. The molecule has 3 heterocycles. The summed E-state index contributed by atoms with van der Waals surface area (Å²) in [5.41, 5.74) is 3.32. The van der Waals surface area contributed by atoms with Gasteiger partial charge in [-0.25, -0.2) is 9.97 Å². The first-order chi connectivity index (χ1) is 16.5. The molecule has 1 fully saturated rings. The molecule has 1 N–H and O–H groups in total. The number of carbonyl (C=O) groups excluding carboxylic acids is 1. The lowest BCUT2D eigenvalue weighted by Crippen LogP contribution is -2.43. The highest BCUT2D eigenvalue weighted by molar-refractivity contribution is 6.07. The van der Waals surface area contributed by atoms with E-state index in [-0.39, 0.29) is 11.9 Å². The molecule has 1 aliphatic rings. The van der Waals surface area contributed by atoms with Crippen LogP contribution in [-0.2, 0) is 0 Å². The number of benzene rings is 1. The van der Waals surface area contributed by atoms with E-state index in [4.69, 9.17) is 14.2 Å². The molecule has 1 aliphatic heterocycles. The number of amides is 1. The highest BCUT2D eigenvalue weighted by atomic mass is 16.5. The summed E-state index contributed by atoms with van der Waals surface area (Å²) < 4.78 is 16.5. The molecule has 4 rings (SSSR count). The number of likely N-dealkylation sites (tertiary alicyclic amines) is 1. The third kappa shape index (κ3) is 4.44. The lowest BCUT2D eigenvalue weighted by molar-refractivity contribution is 0.0609. The van der Waals surface area contributed by atoms with E-state index in [2.05, 4.69) is 22.2 Å². The highest BCUT2D eigenvalue weighted by Crippen LogP contribution is 2.41. The highest BCUT2D eigenvalue weighted by Gasteiger charge is 2.29. The maximum absolute atomic E-state index is 13.8. The van der Waals surface area contributed by atoms with Gasteiger partial charge in [0.05, 0.1) is 32.6 Å². The molecule has 34 heavy (non-hydrogen) atoms. The van der Waals surface area contributed by atoms with Crippen molar-refractivity contribution in [3.05, 3.63) is 41.7 Å². The van der Waals surface area contributed by atoms with Gasteiger partial charge in [0.15, 0.2) is 17.1 Å². The van der Waals surface area contributed by atoms with Crippen molar-refractivity contribution in [1.29, 1.82) is 0 Å². The van der Waals surface area contributed by atoms with Crippen LogP contribution in [-0.4, -0.2) is 54.7 Å². The van der Waals surface area contributed by atoms with Crippen molar-refractivity contribution in [2.45, 2.75) is 45.6 Å². The lowest BCUT2D eigenvalue weighted by Gasteiger charge is -2.35. The number of nitrogens with zero attached hydrogens (tertiary/aromatic N) is 3. The fourth-order valence-electron chi connectivity index (χ4n) is 4.61. The summed E-state index contributed by atoms with van der Waals surface area (Å²) in [7, 11) is 4.72. The molecule has 1 aromatic carbocycles. The minimum atomic E-state index is -0.0172. The van der Waals surface area contributed by atoms with Crippen LogP contribution < -0.4 is 19.5 Å². The monoisotopic (exact) mass is 464 g/mol. The predicted octanol–water partition coefficient (Wildman–Crippen LogP) is 5.11. The fourth-order valence-corrected chi connectivity index (χ4v) is 4.61. The standard InChI is InChI=1S/C26H32N4O4/c1-6-18-9-7-8-12-30(18)26(31)20-15-27-25-19(11-10-16(2)28-25)23(20)29-17-13-21(32-3)24(34-5)22(14-17)33-4/h10-11,13-15,18H,6-9,12H2,1-5H3,(H,27,28,29). The summed E-state index contributed by atoms with van der Waals surface area (Å²) in [6.45, 7) is 4.81. The van der Waals surface area contributed by atoms with E-state index in [1.165, 1.54) is 0 Å². The Labute approximate surface area is 200 Å². The van der Waals surface area contributed by atoms with E-state index in [0.717, 1.165) is 43.3 Å². The minimum Gasteiger partial charge on any atom is -0.493 e. The first-order valence-corrected chi connectivity index (χ1v) is 11.6. The van der Waals surface area contributed by atoms with E-state index in [1.807, 2.05) is 36.1 Å². The number of aryl methyl sites for hydroxylation is 1. The third-order valence-electron chi connectivity index (χ3n) is 6.39. The van der Waals surface area contributed by atoms with Gasteiger partial charge in [0.25, 0.3) is 5.91 Å². The van der Waals surface area contributed by atoms with Crippen LogP contribution in [0.3, 0.4) is 0 Å². The van der Waals surface area contributed by atoms with Crippen LogP contribution in [0.15, 0.2) is 30.5 Å². The van der Waals surface area contributed by atoms with Crippen molar-refractivity contribution >= 4 is 28.3 Å². The number of methoxy groups -OCH3 is 3. The van der Waals surface area contributed by atoms with Gasteiger partial charge in [-0.2, -0.15) is 0 Å². The second-order valence-electron chi connectivity index (χ2n) is 8.47. The fraction of sp³-hybridized carbons (Fsp3) is 0.423. The van der Waals surface area contributed by atoms with Crippen molar-refractivity contribution in [2.24, 2.45) is 0 Å². The van der Waals surface area contributed by atoms with E-state index in [9.17, 15) is 4.79 Å². The molecule has 8 heteroatoms. The van der Waals surface area contributed by atoms with Crippen LogP contribution in [0.2, 0.25) is 0 Å². The number of ether oxygens (including phenoxy) is 3. The van der Waals surface area contributed by atoms with Gasteiger partial charge in [-0.3, -0.25) is 4.79 Å². The number of rotatable bonds is 7. The van der Waals surface area contributed by atoms with Gasteiger partial charge >= 0.3 is 0 Å². The smallest absolute Gasteiger partial charge is 0.257 e. The second kappa shape index (κ2) is 10.2. The van der Waals surface area contributed by atoms with E-state index in [1.54, 1.807) is 27.5 Å². The predicted molar refractivity (Wildman–Crippen MR) is 133 cm³/mol. The zero-order valence-corrected chi connectivity index (χ0v) is 20.5. The summed E-state index contributed by atoms with van der Waals surface area (Å²) >= 11 is 0.